The Morgan fingerprint density at radius 2 is 1.03 bits per heavy atom. The molecule has 2 aromatic carbocycles. The van der Waals surface area contributed by atoms with E-state index < -0.39 is 166 Å². The minimum Gasteiger partial charge on any atom is -0.571 e. The number of hydrogen-bond donors (Lipinski definition) is 16. The van der Waals surface area contributed by atoms with Crippen molar-refractivity contribution in [3.05, 3.63) is 47.2 Å². The summed E-state index contributed by atoms with van der Waals surface area (Å²) in [7, 11) is 0. The Morgan fingerprint density at radius 1 is 0.531 bits per heavy atom. The highest BCUT2D eigenvalue weighted by atomic mass is 16.7. The van der Waals surface area contributed by atoms with Crippen molar-refractivity contribution in [2.24, 2.45) is 0 Å². The third-order valence-corrected chi connectivity index (χ3v) is 11.6. The fourth-order valence-electron chi connectivity index (χ4n) is 7.71. The first-order chi connectivity index (χ1) is 30.3. The van der Waals surface area contributed by atoms with Gasteiger partial charge < -0.3 is 124 Å². The van der Waals surface area contributed by atoms with E-state index >= 15 is 0 Å². The number of rotatable bonds is 12. The van der Waals surface area contributed by atoms with Crippen LogP contribution in [0.15, 0.2) is 36.1 Å². The highest BCUT2D eigenvalue weighted by molar-refractivity contribution is 5.70. The maximum atomic E-state index is 11.2. The molecule has 4 saturated heterocycles. The Morgan fingerprint density at radius 3 is 1.61 bits per heavy atom. The van der Waals surface area contributed by atoms with Crippen molar-refractivity contribution in [2.45, 2.75) is 136 Å². The van der Waals surface area contributed by atoms with Crippen LogP contribution in [0.1, 0.15) is 24.2 Å². The van der Waals surface area contributed by atoms with E-state index in [0.29, 0.717) is 0 Å². The maximum Gasteiger partial charge on any atom is 0.270 e. The number of fused-ring (bicyclic) bond motifs is 1. The van der Waals surface area contributed by atoms with Gasteiger partial charge in [0.25, 0.3) is 11.9 Å². The molecule has 7 rings (SSSR count). The number of benzene rings is 2. The molecular weight excluding hydrogens is 868 g/mol. The molecule has 0 bridgehead atoms. The Balaban J connectivity index is 1.22. The smallest absolute Gasteiger partial charge is 0.270 e. The first-order valence-corrected chi connectivity index (χ1v) is 20.1. The van der Waals surface area contributed by atoms with Crippen molar-refractivity contribution in [3.8, 4) is 28.7 Å². The Kier molecular flexibility index (Phi) is 14.7. The predicted octanol–water partition coefficient (Wildman–Crippen LogP) is -6.54. The number of aromatic hydroxyl groups is 3. The zero-order valence-electron chi connectivity index (χ0n) is 33.6. The highest BCUT2D eigenvalue weighted by Crippen LogP contribution is 2.47. The summed E-state index contributed by atoms with van der Waals surface area (Å²) in [4.78, 5) is 0. The second kappa shape index (κ2) is 19.6. The fraction of sp³-hybridized carbons (Fsp3) is 0.641. The summed E-state index contributed by atoms with van der Waals surface area (Å²) >= 11 is 0. The van der Waals surface area contributed by atoms with Crippen LogP contribution in [0, 0.1) is 0 Å². The molecule has 64 heavy (non-hydrogen) atoms. The van der Waals surface area contributed by atoms with Crippen molar-refractivity contribution in [1.29, 1.82) is 0 Å². The van der Waals surface area contributed by atoms with E-state index in [1.807, 2.05) is 0 Å². The molecule has 21 unspecified atom stereocenters. The lowest BCUT2D eigenvalue weighted by Crippen LogP contribution is -2.61. The summed E-state index contributed by atoms with van der Waals surface area (Å²) < 4.78 is 50.2. The van der Waals surface area contributed by atoms with Crippen LogP contribution >= 0.6 is 0 Å². The molecule has 5 heterocycles. The zero-order chi connectivity index (χ0) is 46.5. The number of phenols is 2. The van der Waals surface area contributed by atoms with Crippen LogP contribution in [0.3, 0.4) is 0 Å². The van der Waals surface area contributed by atoms with Gasteiger partial charge in [-0.25, -0.2) is 0 Å². The first kappa shape index (κ1) is 48.2. The predicted molar refractivity (Wildman–Crippen MR) is 203 cm³/mol. The van der Waals surface area contributed by atoms with Gasteiger partial charge in [-0.15, -0.1) is 0 Å². The molecule has 21 atom stereocenters. The molecule has 0 aliphatic carbocycles. The topological polar surface area (TPSA) is 410 Å². The van der Waals surface area contributed by atoms with Crippen LogP contribution in [0.5, 0.6) is 28.7 Å². The van der Waals surface area contributed by atoms with Crippen molar-refractivity contribution in [2.75, 3.05) is 19.8 Å². The third-order valence-electron chi connectivity index (χ3n) is 11.6. The molecule has 358 valence electrons. The van der Waals surface area contributed by atoms with Gasteiger partial charge in [-0.1, -0.05) is 0 Å². The van der Waals surface area contributed by atoms with E-state index in [1.165, 1.54) is 31.2 Å². The lowest BCUT2D eigenvalue weighted by molar-refractivity contribution is -0.325. The van der Waals surface area contributed by atoms with E-state index in [2.05, 4.69) is 4.74 Å². The van der Waals surface area contributed by atoms with Crippen molar-refractivity contribution in [3.63, 3.8) is 0 Å². The van der Waals surface area contributed by atoms with Crippen LogP contribution in [-0.4, -0.2) is 229 Å². The van der Waals surface area contributed by atoms with Gasteiger partial charge in [0, 0.05) is 12.1 Å². The number of hydrogen-bond acceptors (Lipinski definition) is 24. The number of aliphatic hydroxyl groups excluding tert-OH is 14. The Labute approximate surface area is 361 Å². The molecule has 25 heteroatoms. The Bertz CT molecular complexity index is 1930. The molecule has 0 spiro atoms. The van der Waals surface area contributed by atoms with Gasteiger partial charge in [0.05, 0.1) is 37.6 Å². The van der Waals surface area contributed by atoms with Crippen LogP contribution in [0.2, 0.25) is 0 Å². The number of ether oxygens (including phenoxy) is 9. The lowest BCUT2D eigenvalue weighted by atomic mass is 9.98. The maximum absolute atomic E-state index is 11.2. The molecule has 0 aromatic heterocycles. The normalized spacial score (nSPS) is 42.5. The average molecular weight is 922 g/mol. The summed E-state index contributed by atoms with van der Waals surface area (Å²) in [5.74, 6) is -1.96. The van der Waals surface area contributed by atoms with Gasteiger partial charge in [-0.3, -0.25) is 0 Å². The Hall–Kier alpha value is -3.78. The molecule has 2 aromatic rings. The van der Waals surface area contributed by atoms with Crippen LogP contribution < -0.4 is 9.47 Å². The highest BCUT2D eigenvalue weighted by Gasteiger charge is 2.50. The summed E-state index contributed by atoms with van der Waals surface area (Å²) in [6.45, 7) is -0.815. The second-order valence-electron chi connectivity index (χ2n) is 16.0. The molecule has 0 radical (unpaired) electrons. The fourth-order valence-corrected chi connectivity index (χ4v) is 7.71. The molecule has 5 aliphatic heterocycles. The molecular formula is C39H53O25+. The van der Waals surface area contributed by atoms with Gasteiger partial charge in [0.2, 0.25) is 18.9 Å². The van der Waals surface area contributed by atoms with Gasteiger partial charge in [-0.05, 0) is 25.1 Å². The number of aliphatic hydroxyl groups is 15. The van der Waals surface area contributed by atoms with E-state index in [4.69, 9.17) is 37.9 Å². The molecule has 17 N–H and O–H groups in total. The number of phenolic OH excluding ortho intramolecular Hbond substituents is 2. The van der Waals surface area contributed by atoms with Crippen molar-refractivity contribution < 1.29 is 124 Å². The van der Waals surface area contributed by atoms with Gasteiger partial charge >= 0.3 is 0 Å². The van der Waals surface area contributed by atoms with Crippen LogP contribution in [-0.2, 0) is 28.4 Å². The van der Waals surface area contributed by atoms with E-state index in [0.717, 1.165) is 12.1 Å². The monoisotopic (exact) mass is 921 g/mol. The summed E-state index contributed by atoms with van der Waals surface area (Å²) in [6.07, 6.45) is -33.9. The minimum absolute atomic E-state index is 0.0124. The average Bonchev–Trinajstić information content (AvgIpc) is 3.27. The van der Waals surface area contributed by atoms with E-state index in [9.17, 15) is 81.7 Å². The largest absolute Gasteiger partial charge is 0.571 e. The van der Waals surface area contributed by atoms with Crippen molar-refractivity contribution >= 4 is 6.08 Å². The standard InChI is InChI=1S/C39H52O25/c1-11-23(44)27(48)31(52)36(57-11)56-10-22-26(47)30(51)34(55)39(64-22)61-19-7-14-16(5-13(42)6-17(14)59-37-32(53)28(49)24(45)20(8-40)62-37)58-35(19)12-2-3-15(43)18(4-12)60-38-33(54)29(50)25(46)21(9-41)63-38/h2-7,11,20-55H,8-10H2,1H3/p+1. The summed E-state index contributed by atoms with van der Waals surface area (Å²) in [5, 5.41) is 167. The quantitative estimate of drug-likeness (QED) is 0.0880. The second-order valence-corrected chi connectivity index (χ2v) is 16.0. The van der Waals surface area contributed by atoms with Gasteiger partial charge in [0.15, 0.2) is 23.5 Å². The SMILES string of the molecule is CC1OC(OCC2OC(OC3=Cc4c(OC5OC(CO)C(O)C(O)C5O)cc(O)cc4[OH+]C3c3ccc(O)c(OC4OC(CO)C(O)C(O)C4O)c3)C(O)C(O)C2O)C(O)C(O)C1O. The van der Waals surface area contributed by atoms with Crippen LogP contribution in [0.25, 0.3) is 6.08 Å². The van der Waals surface area contributed by atoms with Gasteiger partial charge in [0.1, 0.15) is 109 Å². The molecule has 25 nitrogen and oxygen atoms in total. The van der Waals surface area contributed by atoms with E-state index in [-0.39, 0.29) is 28.4 Å². The molecule has 0 saturated carbocycles. The lowest BCUT2D eigenvalue weighted by Gasteiger charge is -2.43. The zero-order valence-corrected chi connectivity index (χ0v) is 33.6. The van der Waals surface area contributed by atoms with Gasteiger partial charge in [-0.2, -0.15) is 0 Å². The molecule has 4 fully saturated rings. The summed E-state index contributed by atoms with van der Waals surface area (Å²) in [5.41, 5.74) is 0.0831. The van der Waals surface area contributed by atoms with E-state index in [1.54, 1.807) is 0 Å². The van der Waals surface area contributed by atoms with Crippen molar-refractivity contribution in [1.82, 2.24) is 0 Å². The first-order valence-electron chi connectivity index (χ1n) is 20.1. The third kappa shape index (κ3) is 9.42. The minimum atomic E-state index is -2.00. The summed E-state index contributed by atoms with van der Waals surface area (Å²) in [6, 6.07) is 5.89. The van der Waals surface area contributed by atoms with Crippen LogP contribution in [0.4, 0.5) is 0 Å². The molecule has 5 aliphatic rings. The molecule has 0 amide bonds.